The van der Waals surface area contributed by atoms with Crippen LogP contribution in [0.15, 0.2) is 0 Å². The molecule has 3 aliphatic rings. The van der Waals surface area contributed by atoms with Crippen molar-refractivity contribution in [3.8, 4) is 0 Å². The largest absolute Gasteiger partial charge is 0.339 e. The van der Waals surface area contributed by atoms with Crippen LogP contribution in [0.4, 0.5) is 4.79 Å². The second-order valence-electron chi connectivity index (χ2n) is 5.78. The monoisotopic (exact) mass is 295 g/mol. The van der Waals surface area contributed by atoms with Crippen LogP contribution in [0.5, 0.6) is 0 Å². The first kappa shape index (κ1) is 14.3. The molecule has 0 aromatic carbocycles. The van der Waals surface area contributed by atoms with Crippen molar-refractivity contribution in [1.82, 2.24) is 25.8 Å². The highest BCUT2D eigenvalue weighted by molar-refractivity contribution is 6.09. The second kappa shape index (κ2) is 5.61. The van der Waals surface area contributed by atoms with Crippen molar-refractivity contribution in [3.63, 3.8) is 0 Å². The summed E-state index contributed by atoms with van der Waals surface area (Å²) in [6.07, 6.45) is 1.16. The fraction of sp³-hybridized carbons (Fsp3) is 0.769. The third-order valence-corrected chi connectivity index (χ3v) is 4.47. The van der Waals surface area contributed by atoms with Crippen molar-refractivity contribution in [3.05, 3.63) is 0 Å². The van der Waals surface area contributed by atoms with Crippen molar-refractivity contribution in [1.29, 1.82) is 0 Å². The zero-order valence-electron chi connectivity index (χ0n) is 12.0. The minimum atomic E-state index is -0.800. The van der Waals surface area contributed by atoms with Crippen LogP contribution in [0.25, 0.3) is 0 Å². The fourth-order valence-electron chi connectivity index (χ4n) is 3.16. The number of nitrogens with zero attached hydrogens (tertiary/aromatic N) is 2. The van der Waals surface area contributed by atoms with Crippen LogP contribution >= 0.6 is 0 Å². The Morgan fingerprint density at radius 3 is 2.33 bits per heavy atom. The summed E-state index contributed by atoms with van der Waals surface area (Å²) in [5.74, 6) is -0.413. The van der Waals surface area contributed by atoms with Crippen molar-refractivity contribution in [2.75, 3.05) is 45.8 Å². The molecule has 3 fully saturated rings. The Hall–Kier alpha value is -1.67. The highest BCUT2D eigenvalue weighted by Gasteiger charge is 2.51. The number of carbonyl (C=O) groups excluding carboxylic acids is 3. The van der Waals surface area contributed by atoms with Crippen LogP contribution in [0.1, 0.15) is 12.8 Å². The van der Waals surface area contributed by atoms with Crippen LogP contribution in [0.2, 0.25) is 0 Å². The molecule has 116 valence electrons. The van der Waals surface area contributed by atoms with Crippen LogP contribution < -0.4 is 16.0 Å². The maximum Gasteiger partial charge on any atom is 0.325 e. The van der Waals surface area contributed by atoms with E-state index < -0.39 is 11.6 Å². The van der Waals surface area contributed by atoms with Gasteiger partial charge in [0, 0.05) is 26.2 Å². The highest BCUT2D eigenvalue weighted by atomic mass is 16.2. The fourth-order valence-corrected chi connectivity index (χ4v) is 3.16. The van der Waals surface area contributed by atoms with Crippen molar-refractivity contribution in [2.24, 2.45) is 0 Å². The second-order valence-corrected chi connectivity index (χ2v) is 5.78. The van der Waals surface area contributed by atoms with Gasteiger partial charge in [-0.1, -0.05) is 0 Å². The molecule has 0 saturated carbocycles. The Labute approximate surface area is 123 Å². The van der Waals surface area contributed by atoms with Gasteiger partial charge in [-0.3, -0.25) is 14.5 Å². The van der Waals surface area contributed by atoms with Crippen molar-refractivity contribution < 1.29 is 14.4 Å². The van der Waals surface area contributed by atoms with Gasteiger partial charge in [0.2, 0.25) is 5.91 Å². The summed E-state index contributed by atoms with van der Waals surface area (Å²) in [6.45, 7) is 4.00. The van der Waals surface area contributed by atoms with Gasteiger partial charge in [-0.2, -0.15) is 0 Å². The lowest BCUT2D eigenvalue weighted by Gasteiger charge is -2.31. The molecule has 8 heteroatoms. The first-order valence-electron chi connectivity index (χ1n) is 7.46. The van der Waals surface area contributed by atoms with Gasteiger partial charge in [-0.05, 0) is 25.9 Å². The number of nitrogens with one attached hydrogen (secondary N) is 3. The maximum atomic E-state index is 12.5. The van der Waals surface area contributed by atoms with E-state index in [1.54, 1.807) is 4.90 Å². The summed E-state index contributed by atoms with van der Waals surface area (Å²) in [7, 11) is 0. The van der Waals surface area contributed by atoms with E-state index in [0.29, 0.717) is 39.0 Å². The molecule has 3 heterocycles. The molecule has 0 radical (unpaired) electrons. The number of hydrogen-bond acceptors (Lipinski definition) is 5. The molecular formula is C13H21N5O3. The number of imide groups is 1. The lowest BCUT2D eigenvalue weighted by Crippen LogP contribution is -2.54. The maximum absolute atomic E-state index is 12.5. The quantitative estimate of drug-likeness (QED) is 0.517. The average molecular weight is 295 g/mol. The van der Waals surface area contributed by atoms with Gasteiger partial charge in [-0.15, -0.1) is 0 Å². The predicted molar refractivity (Wildman–Crippen MR) is 74.5 cm³/mol. The number of piperazine rings is 1. The van der Waals surface area contributed by atoms with Gasteiger partial charge in [0.25, 0.3) is 5.91 Å². The molecule has 21 heavy (non-hydrogen) atoms. The molecule has 3 rings (SSSR count). The molecule has 0 atom stereocenters. The van der Waals surface area contributed by atoms with E-state index >= 15 is 0 Å². The Bertz CT molecular complexity index is 455. The molecule has 0 aliphatic carbocycles. The summed E-state index contributed by atoms with van der Waals surface area (Å²) in [4.78, 5) is 39.6. The summed E-state index contributed by atoms with van der Waals surface area (Å²) >= 11 is 0. The van der Waals surface area contributed by atoms with Crippen LogP contribution in [0.3, 0.4) is 0 Å². The third-order valence-electron chi connectivity index (χ3n) is 4.47. The standard InChI is InChI=1S/C13H21N5O3/c19-10(17-7-5-15-6-8-17)9-18-11(20)13(16-12(18)21)1-3-14-4-2-13/h14-15H,1-9H2,(H,16,21). The lowest BCUT2D eigenvalue weighted by atomic mass is 9.88. The molecule has 3 aliphatic heterocycles. The summed E-state index contributed by atoms with van der Waals surface area (Å²) in [6, 6.07) is -0.439. The molecule has 4 amide bonds. The first-order valence-corrected chi connectivity index (χ1v) is 7.46. The number of amides is 4. The number of carbonyl (C=O) groups is 3. The molecule has 0 aromatic rings. The molecule has 3 N–H and O–H groups in total. The van der Waals surface area contributed by atoms with Gasteiger partial charge < -0.3 is 20.9 Å². The molecule has 1 spiro atoms. The summed E-state index contributed by atoms with van der Waals surface area (Å²) in [5, 5.41) is 9.13. The predicted octanol–water partition coefficient (Wildman–Crippen LogP) is -1.91. The smallest absolute Gasteiger partial charge is 0.325 e. The molecule has 0 bridgehead atoms. The van der Waals surface area contributed by atoms with Gasteiger partial charge in [0.05, 0.1) is 0 Å². The van der Waals surface area contributed by atoms with Gasteiger partial charge >= 0.3 is 6.03 Å². The molecule has 0 unspecified atom stereocenters. The van der Waals surface area contributed by atoms with E-state index in [1.165, 1.54) is 0 Å². The van der Waals surface area contributed by atoms with Gasteiger partial charge in [0.15, 0.2) is 0 Å². The minimum Gasteiger partial charge on any atom is -0.339 e. The Kier molecular flexibility index (Phi) is 3.81. The topological polar surface area (TPSA) is 93.8 Å². The normalized spacial score (nSPS) is 25.3. The number of rotatable bonds is 2. The average Bonchev–Trinajstić information content (AvgIpc) is 2.73. The number of hydrogen-bond donors (Lipinski definition) is 3. The molecular weight excluding hydrogens is 274 g/mol. The van der Waals surface area contributed by atoms with Crippen LogP contribution in [-0.4, -0.2) is 79.0 Å². The zero-order chi connectivity index (χ0) is 14.9. The van der Waals surface area contributed by atoms with Crippen LogP contribution in [-0.2, 0) is 9.59 Å². The highest BCUT2D eigenvalue weighted by Crippen LogP contribution is 2.26. The number of urea groups is 1. The van der Waals surface area contributed by atoms with Crippen molar-refractivity contribution in [2.45, 2.75) is 18.4 Å². The van der Waals surface area contributed by atoms with Crippen molar-refractivity contribution >= 4 is 17.8 Å². The van der Waals surface area contributed by atoms with Gasteiger partial charge in [0.1, 0.15) is 12.1 Å². The SMILES string of the molecule is O=C(CN1C(=O)NC2(CCNCC2)C1=O)N1CCNCC1. The molecule has 3 saturated heterocycles. The van der Waals surface area contributed by atoms with E-state index in [1.807, 2.05) is 0 Å². The van der Waals surface area contributed by atoms with Crippen LogP contribution in [0, 0.1) is 0 Å². The van der Waals surface area contributed by atoms with E-state index in [9.17, 15) is 14.4 Å². The van der Waals surface area contributed by atoms with E-state index in [-0.39, 0.29) is 18.4 Å². The first-order chi connectivity index (χ1) is 10.1. The van der Waals surface area contributed by atoms with E-state index in [0.717, 1.165) is 18.0 Å². The third kappa shape index (κ3) is 2.60. The van der Waals surface area contributed by atoms with Gasteiger partial charge in [-0.25, -0.2) is 4.79 Å². The molecule has 8 nitrogen and oxygen atoms in total. The summed E-state index contributed by atoms with van der Waals surface area (Å²) in [5.41, 5.74) is -0.800. The molecule has 0 aromatic heterocycles. The number of piperidine rings is 1. The Balaban J connectivity index is 1.66. The van der Waals surface area contributed by atoms with E-state index in [2.05, 4.69) is 16.0 Å². The Morgan fingerprint density at radius 1 is 1.05 bits per heavy atom. The zero-order valence-corrected chi connectivity index (χ0v) is 12.0. The lowest BCUT2D eigenvalue weighted by molar-refractivity contribution is -0.139. The Morgan fingerprint density at radius 2 is 1.67 bits per heavy atom. The summed E-state index contributed by atoms with van der Waals surface area (Å²) < 4.78 is 0. The minimum absolute atomic E-state index is 0.153. The van der Waals surface area contributed by atoms with E-state index in [4.69, 9.17) is 0 Å².